The van der Waals surface area contributed by atoms with Crippen LogP contribution in [0.2, 0.25) is 0 Å². The van der Waals surface area contributed by atoms with Gasteiger partial charge in [-0.15, -0.1) is 11.3 Å². The Kier molecular flexibility index (Phi) is 4.05. The van der Waals surface area contributed by atoms with E-state index in [-0.39, 0.29) is 5.56 Å². The van der Waals surface area contributed by atoms with Crippen molar-refractivity contribution in [2.45, 2.75) is 13.8 Å². The standard InChI is InChI=1S/C14H14N2O3S/c1-8-4-3-5-10(6-8)15-14(19)16-12-11(13(17)18)7-9(2)20-12/h3-7H,1-2H3,(H,17,18)(H2,15,16,19). The minimum absolute atomic E-state index is 0.104. The molecule has 1 heterocycles. The third-order valence-electron chi connectivity index (χ3n) is 2.59. The van der Waals surface area contributed by atoms with Crippen molar-refractivity contribution >= 4 is 34.0 Å². The molecule has 0 aliphatic rings. The van der Waals surface area contributed by atoms with E-state index in [0.29, 0.717) is 10.7 Å². The summed E-state index contributed by atoms with van der Waals surface area (Å²) in [7, 11) is 0. The van der Waals surface area contributed by atoms with E-state index >= 15 is 0 Å². The normalized spacial score (nSPS) is 10.1. The van der Waals surface area contributed by atoms with Gasteiger partial charge in [0.15, 0.2) is 0 Å². The molecule has 20 heavy (non-hydrogen) atoms. The minimum atomic E-state index is -1.06. The Bertz CT molecular complexity index is 664. The van der Waals surface area contributed by atoms with Crippen molar-refractivity contribution < 1.29 is 14.7 Å². The average molecular weight is 290 g/mol. The molecule has 2 aromatic rings. The van der Waals surface area contributed by atoms with Gasteiger partial charge in [-0.3, -0.25) is 5.32 Å². The molecule has 0 spiro atoms. The largest absolute Gasteiger partial charge is 0.478 e. The second-order valence-electron chi connectivity index (χ2n) is 4.35. The Labute approximate surface area is 120 Å². The Morgan fingerprint density at radius 2 is 1.90 bits per heavy atom. The van der Waals surface area contributed by atoms with Crippen LogP contribution in [0.3, 0.4) is 0 Å². The van der Waals surface area contributed by atoms with Crippen LogP contribution >= 0.6 is 11.3 Å². The second-order valence-corrected chi connectivity index (χ2v) is 5.61. The van der Waals surface area contributed by atoms with Crippen LogP contribution in [0, 0.1) is 13.8 Å². The van der Waals surface area contributed by atoms with Crippen LogP contribution in [-0.2, 0) is 0 Å². The number of carbonyl (C=O) groups excluding carboxylic acids is 1. The predicted octanol–water partition coefficient (Wildman–Crippen LogP) is 3.71. The summed E-state index contributed by atoms with van der Waals surface area (Å²) in [5.74, 6) is -1.06. The number of rotatable bonds is 3. The highest BCUT2D eigenvalue weighted by Crippen LogP contribution is 2.27. The number of aromatic carboxylic acids is 1. The lowest BCUT2D eigenvalue weighted by molar-refractivity contribution is 0.0698. The third-order valence-corrected chi connectivity index (χ3v) is 3.55. The van der Waals surface area contributed by atoms with E-state index < -0.39 is 12.0 Å². The molecule has 1 aromatic heterocycles. The molecule has 1 aromatic carbocycles. The van der Waals surface area contributed by atoms with E-state index in [4.69, 9.17) is 5.11 Å². The van der Waals surface area contributed by atoms with E-state index in [9.17, 15) is 9.59 Å². The molecule has 0 saturated carbocycles. The number of nitrogens with one attached hydrogen (secondary N) is 2. The van der Waals surface area contributed by atoms with Gasteiger partial charge >= 0.3 is 12.0 Å². The lowest BCUT2D eigenvalue weighted by Crippen LogP contribution is -2.20. The lowest BCUT2D eigenvalue weighted by atomic mass is 10.2. The first kappa shape index (κ1) is 14.1. The van der Waals surface area contributed by atoms with Gasteiger partial charge in [-0.1, -0.05) is 12.1 Å². The topological polar surface area (TPSA) is 78.4 Å². The number of aryl methyl sites for hydroxylation is 2. The lowest BCUT2D eigenvalue weighted by Gasteiger charge is -2.07. The fourth-order valence-corrected chi connectivity index (χ4v) is 2.65. The molecule has 0 saturated heterocycles. The number of urea groups is 1. The van der Waals surface area contributed by atoms with Crippen LogP contribution < -0.4 is 10.6 Å². The molecule has 0 aliphatic heterocycles. The van der Waals surface area contributed by atoms with Crippen molar-refractivity contribution in [3.05, 3.63) is 46.3 Å². The number of carboxylic acid groups (broad SMARTS) is 1. The van der Waals surface area contributed by atoms with Crippen LogP contribution in [0.4, 0.5) is 15.5 Å². The van der Waals surface area contributed by atoms with E-state index in [1.807, 2.05) is 25.1 Å². The quantitative estimate of drug-likeness (QED) is 0.806. The molecular formula is C14H14N2O3S. The van der Waals surface area contributed by atoms with Gasteiger partial charge < -0.3 is 10.4 Å². The number of benzene rings is 1. The summed E-state index contributed by atoms with van der Waals surface area (Å²) in [5, 5.41) is 14.6. The number of hydrogen-bond acceptors (Lipinski definition) is 3. The molecule has 6 heteroatoms. The first-order valence-electron chi connectivity index (χ1n) is 5.94. The van der Waals surface area contributed by atoms with Gasteiger partial charge in [0.1, 0.15) is 5.00 Å². The maximum atomic E-state index is 11.9. The maximum Gasteiger partial charge on any atom is 0.338 e. The number of thiophene rings is 1. The highest BCUT2D eigenvalue weighted by atomic mass is 32.1. The first-order valence-corrected chi connectivity index (χ1v) is 6.76. The van der Waals surface area contributed by atoms with Gasteiger partial charge in [0.05, 0.1) is 5.56 Å². The molecule has 0 bridgehead atoms. The van der Waals surface area contributed by atoms with Crippen molar-refractivity contribution in [2.75, 3.05) is 10.6 Å². The summed E-state index contributed by atoms with van der Waals surface area (Å²) in [4.78, 5) is 23.8. The van der Waals surface area contributed by atoms with Crippen LogP contribution in [0.25, 0.3) is 0 Å². The molecule has 5 nitrogen and oxygen atoms in total. The molecule has 0 fully saturated rings. The Hall–Kier alpha value is -2.34. The molecule has 2 rings (SSSR count). The zero-order chi connectivity index (χ0) is 14.7. The van der Waals surface area contributed by atoms with Crippen LogP contribution in [-0.4, -0.2) is 17.1 Å². The van der Waals surface area contributed by atoms with Gasteiger partial charge in [0, 0.05) is 10.6 Å². The van der Waals surface area contributed by atoms with Crippen molar-refractivity contribution in [2.24, 2.45) is 0 Å². The molecule has 2 amide bonds. The smallest absolute Gasteiger partial charge is 0.338 e. The average Bonchev–Trinajstić information content (AvgIpc) is 2.70. The monoisotopic (exact) mass is 290 g/mol. The van der Waals surface area contributed by atoms with Crippen LogP contribution in [0.1, 0.15) is 20.8 Å². The van der Waals surface area contributed by atoms with E-state index in [1.165, 1.54) is 17.4 Å². The fourth-order valence-electron chi connectivity index (χ4n) is 1.75. The molecule has 0 unspecified atom stereocenters. The summed E-state index contributed by atoms with van der Waals surface area (Å²) < 4.78 is 0. The minimum Gasteiger partial charge on any atom is -0.478 e. The molecule has 3 N–H and O–H groups in total. The van der Waals surface area contributed by atoms with Crippen LogP contribution in [0.15, 0.2) is 30.3 Å². The van der Waals surface area contributed by atoms with Crippen LogP contribution in [0.5, 0.6) is 0 Å². The SMILES string of the molecule is Cc1cccc(NC(=O)Nc2sc(C)cc2C(=O)O)c1. The Morgan fingerprint density at radius 1 is 1.15 bits per heavy atom. The summed E-state index contributed by atoms with van der Waals surface area (Å²) in [6.07, 6.45) is 0. The van der Waals surface area contributed by atoms with Crippen molar-refractivity contribution in [1.29, 1.82) is 0 Å². The number of carboxylic acids is 1. The number of amides is 2. The number of hydrogen-bond donors (Lipinski definition) is 3. The fraction of sp³-hybridized carbons (Fsp3) is 0.143. The number of carbonyl (C=O) groups is 2. The maximum absolute atomic E-state index is 11.9. The van der Waals surface area contributed by atoms with Crippen molar-refractivity contribution in [1.82, 2.24) is 0 Å². The summed E-state index contributed by atoms with van der Waals surface area (Å²) in [6, 6.07) is 8.44. The third kappa shape index (κ3) is 3.36. The van der Waals surface area contributed by atoms with Gasteiger partial charge in [-0.25, -0.2) is 9.59 Å². The summed E-state index contributed by atoms with van der Waals surface area (Å²) in [5.41, 5.74) is 1.79. The zero-order valence-electron chi connectivity index (χ0n) is 11.1. The molecule has 104 valence electrons. The van der Waals surface area contributed by atoms with Gasteiger partial charge in [0.25, 0.3) is 0 Å². The highest BCUT2D eigenvalue weighted by molar-refractivity contribution is 7.16. The van der Waals surface area contributed by atoms with Crippen molar-refractivity contribution in [3.8, 4) is 0 Å². The Balaban J connectivity index is 2.10. The summed E-state index contributed by atoms with van der Waals surface area (Å²) >= 11 is 1.23. The van der Waals surface area contributed by atoms with Crippen molar-refractivity contribution in [3.63, 3.8) is 0 Å². The molecule has 0 aliphatic carbocycles. The molecule has 0 atom stereocenters. The molecular weight excluding hydrogens is 276 g/mol. The zero-order valence-corrected chi connectivity index (χ0v) is 11.9. The van der Waals surface area contributed by atoms with E-state index in [0.717, 1.165) is 10.4 Å². The van der Waals surface area contributed by atoms with E-state index in [2.05, 4.69) is 10.6 Å². The first-order chi connectivity index (χ1) is 9.45. The highest BCUT2D eigenvalue weighted by Gasteiger charge is 2.15. The number of anilines is 2. The molecule has 0 radical (unpaired) electrons. The second kappa shape index (κ2) is 5.75. The summed E-state index contributed by atoms with van der Waals surface area (Å²) in [6.45, 7) is 3.72. The van der Waals surface area contributed by atoms with Gasteiger partial charge in [0.2, 0.25) is 0 Å². The van der Waals surface area contributed by atoms with Gasteiger partial charge in [-0.2, -0.15) is 0 Å². The van der Waals surface area contributed by atoms with Gasteiger partial charge in [-0.05, 0) is 37.6 Å². The van der Waals surface area contributed by atoms with E-state index in [1.54, 1.807) is 13.0 Å². The Morgan fingerprint density at radius 3 is 2.55 bits per heavy atom. The predicted molar refractivity (Wildman–Crippen MR) is 79.8 cm³/mol.